The molecule has 1 saturated heterocycles. The molecule has 1 unspecified atom stereocenters. The van der Waals surface area contributed by atoms with Crippen LogP contribution in [0.25, 0.3) is 0 Å². The highest BCUT2D eigenvalue weighted by molar-refractivity contribution is 5.73. The van der Waals surface area contributed by atoms with Crippen molar-refractivity contribution in [1.82, 2.24) is 9.80 Å². The number of amides is 1. The molecule has 0 radical (unpaired) electrons. The van der Waals surface area contributed by atoms with Crippen molar-refractivity contribution in [2.24, 2.45) is 5.92 Å². The molecule has 0 bridgehead atoms. The van der Waals surface area contributed by atoms with Gasteiger partial charge in [0.15, 0.2) is 0 Å². The number of hydrogen-bond donors (Lipinski definition) is 0. The van der Waals surface area contributed by atoms with Gasteiger partial charge in [0.25, 0.3) is 0 Å². The highest BCUT2D eigenvalue weighted by Crippen LogP contribution is 2.20. The van der Waals surface area contributed by atoms with Gasteiger partial charge in [-0.3, -0.25) is 4.79 Å². The van der Waals surface area contributed by atoms with E-state index in [-0.39, 0.29) is 5.91 Å². The smallest absolute Gasteiger partial charge is 0.219 e. The van der Waals surface area contributed by atoms with Gasteiger partial charge in [0.2, 0.25) is 5.91 Å². The molecule has 0 aromatic heterocycles. The van der Waals surface area contributed by atoms with Gasteiger partial charge in [0.05, 0.1) is 0 Å². The first-order valence-corrected chi connectivity index (χ1v) is 13.6. The van der Waals surface area contributed by atoms with E-state index >= 15 is 0 Å². The molecule has 3 nitrogen and oxygen atoms in total. The van der Waals surface area contributed by atoms with Crippen molar-refractivity contribution in [1.29, 1.82) is 0 Å². The molecule has 178 valence electrons. The van der Waals surface area contributed by atoms with E-state index in [4.69, 9.17) is 0 Å². The molecule has 1 heterocycles. The summed E-state index contributed by atoms with van der Waals surface area (Å²) in [4.78, 5) is 16.6. The molecule has 0 N–H and O–H groups in total. The zero-order valence-electron chi connectivity index (χ0n) is 20.9. The van der Waals surface area contributed by atoms with Crippen molar-refractivity contribution in [3.63, 3.8) is 0 Å². The van der Waals surface area contributed by atoms with Gasteiger partial charge in [0.1, 0.15) is 0 Å². The van der Waals surface area contributed by atoms with Gasteiger partial charge in [-0.15, -0.1) is 0 Å². The topological polar surface area (TPSA) is 23.6 Å². The summed E-state index contributed by atoms with van der Waals surface area (Å²) in [5.74, 6) is 0.982. The summed E-state index contributed by atoms with van der Waals surface area (Å²) in [6, 6.07) is 0. The maximum absolute atomic E-state index is 11.7. The van der Waals surface area contributed by atoms with Gasteiger partial charge in [-0.2, -0.15) is 0 Å². The standard InChI is InChI=1S/C27H54N2O/c1-4-6-8-10-12-14-16-21-28(22-17-15-13-11-9-7-5-2)24-20-27-19-18-23-29(25-27)26(3)30/h27H,4-25H2,1-3H3. The first-order chi connectivity index (χ1) is 14.7. The predicted molar refractivity (Wildman–Crippen MR) is 132 cm³/mol. The zero-order valence-corrected chi connectivity index (χ0v) is 20.9. The first-order valence-electron chi connectivity index (χ1n) is 13.6. The lowest BCUT2D eigenvalue weighted by Crippen LogP contribution is -2.40. The van der Waals surface area contributed by atoms with Crippen LogP contribution >= 0.6 is 0 Å². The van der Waals surface area contributed by atoms with Crippen molar-refractivity contribution >= 4 is 5.91 Å². The summed E-state index contributed by atoms with van der Waals surface area (Å²) < 4.78 is 0. The molecule has 1 atom stereocenters. The first kappa shape index (κ1) is 27.5. The van der Waals surface area contributed by atoms with Crippen LogP contribution in [-0.4, -0.2) is 48.4 Å². The molecular weight excluding hydrogens is 368 g/mol. The summed E-state index contributed by atoms with van der Waals surface area (Å²) in [6.45, 7) is 12.1. The highest BCUT2D eigenvalue weighted by atomic mass is 16.2. The number of unbranched alkanes of at least 4 members (excludes halogenated alkanes) is 12. The molecule has 1 amide bonds. The minimum atomic E-state index is 0.266. The fraction of sp³-hybridized carbons (Fsp3) is 0.963. The number of rotatable bonds is 19. The van der Waals surface area contributed by atoms with Crippen molar-refractivity contribution < 1.29 is 4.79 Å². The molecule has 0 aromatic carbocycles. The number of nitrogens with zero attached hydrogens (tertiary/aromatic N) is 2. The highest BCUT2D eigenvalue weighted by Gasteiger charge is 2.21. The molecule has 0 spiro atoms. The van der Waals surface area contributed by atoms with Gasteiger partial charge in [-0.1, -0.05) is 90.9 Å². The lowest BCUT2D eigenvalue weighted by molar-refractivity contribution is -0.130. The summed E-state index contributed by atoms with van der Waals surface area (Å²) in [7, 11) is 0. The van der Waals surface area contributed by atoms with E-state index < -0.39 is 0 Å². The second-order valence-electron chi connectivity index (χ2n) is 9.85. The molecule has 1 fully saturated rings. The van der Waals surface area contributed by atoms with Crippen LogP contribution in [0, 0.1) is 5.92 Å². The van der Waals surface area contributed by atoms with Gasteiger partial charge in [0, 0.05) is 20.0 Å². The summed E-state index contributed by atoms with van der Waals surface area (Å²) in [5, 5.41) is 0. The van der Waals surface area contributed by atoms with Gasteiger partial charge in [-0.25, -0.2) is 0 Å². The predicted octanol–water partition coefficient (Wildman–Crippen LogP) is 7.44. The van der Waals surface area contributed by atoms with Crippen LogP contribution in [0.5, 0.6) is 0 Å². The average molecular weight is 423 g/mol. The van der Waals surface area contributed by atoms with Crippen LogP contribution in [0.1, 0.15) is 130 Å². The molecule has 0 aromatic rings. The quantitative estimate of drug-likeness (QED) is 0.202. The SMILES string of the molecule is CCCCCCCCCN(CCCCCCCCC)CCC1CCCN(C(C)=O)C1. The fourth-order valence-corrected chi connectivity index (χ4v) is 4.87. The Hall–Kier alpha value is -0.570. The van der Waals surface area contributed by atoms with Crippen molar-refractivity contribution in [2.45, 2.75) is 130 Å². The second-order valence-corrected chi connectivity index (χ2v) is 9.85. The Bertz CT molecular complexity index is 380. The molecular formula is C27H54N2O. The Morgan fingerprint density at radius 2 is 1.27 bits per heavy atom. The number of piperidine rings is 1. The van der Waals surface area contributed by atoms with E-state index in [9.17, 15) is 4.79 Å². The Kier molecular flexibility index (Phi) is 17.5. The van der Waals surface area contributed by atoms with E-state index in [1.165, 1.54) is 129 Å². The fourth-order valence-electron chi connectivity index (χ4n) is 4.87. The minimum absolute atomic E-state index is 0.266. The lowest BCUT2D eigenvalue weighted by Gasteiger charge is -2.33. The van der Waals surface area contributed by atoms with E-state index in [0.717, 1.165) is 13.1 Å². The van der Waals surface area contributed by atoms with Crippen molar-refractivity contribution in [3.05, 3.63) is 0 Å². The van der Waals surface area contributed by atoms with Gasteiger partial charge in [-0.05, 0) is 57.7 Å². The van der Waals surface area contributed by atoms with E-state index in [2.05, 4.69) is 23.6 Å². The van der Waals surface area contributed by atoms with Crippen LogP contribution in [0.4, 0.5) is 0 Å². The largest absolute Gasteiger partial charge is 0.343 e. The van der Waals surface area contributed by atoms with E-state index in [1.54, 1.807) is 6.92 Å². The number of carbonyl (C=O) groups is 1. The van der Waals surface area contributed by atoms with Crippen LogP contribution in [0.3, 0.4) is 0 Å². The number of likely N-dealkylation sites (tertiary alicyclic amines) is 1. The Morgan fingerprint density at radius 1 is 0.767 bits per heavy atom. The maximum Gasteiger partial charge on any atom is 0.219 e. The summed E-state index contributed by atoms with van der Waals surface area (Å²) in [6.07, 6.45) is 23.3. The van der Waals surface area contributed by atoms with Crippen LogP contribution in [-0.2, 0) is 4.79 Å². The Morgan fingerprint density at radius 3 is 1.77 bits per heavy atom. The molecule has 30 heavy (non-hydrogen) atoms. The molecule has 1 aliphatic rings. The van der Waals surface area contributed by atoms with Crippen molar-refractivity contribution in [3.8, 4) is 0 Å². The molecule has 3 heteroatoms. The van der Waals surface area contributed by atoms with Crippen LogP contribution in [0.15, 0.2) is 0 Å². The molecule has 0 aliphatic carbocycles. The summed E-state index contributed by atoms with van der Waals surface area (Å²) in [5.41, 5.74) is 0. The van der Waals surface area contributed by atoms with Crippen molar-refractivity contribution in [2.75, 3.05) is 32.7 Å². The normalized spacial score (nSPS) is 17.1. The van der Waals surface area contributed by atoms with Crippen LogP contribution in [0.2, 0.25) is 0 Å². The van der Waals surface area contributed by atoms with Gasteiger partial charge >= 0.3 is 0 Å². The zero-order chi connectivity index (χ0) is 21.9. The number of hydrogen-bond acceptors (Lipinski definition) is 2. The Balaban J connectivity index is 2.27. The maximum atomic E-state index is 11.7. The number of carbonyl (C=O) groups excluding carboxylic acids is 1. The molecule has 1 aliphatic heterocycles. The van der Waals surface area contributed by atoms with Gasteiger partial charge < -0.3 is 9.80 Å². The molecule has 1 rings (SSSR count). The average Bonchev–Trinajstić information content (AvgIpc) is 2.75. The lowest BCUT2D eigenvalue weighted by atomic mass is 9.94. The van der Waals surface area contributed by atoms with E-state index in [1.807, 2.05) is 0 Å². The summed E-state index contributed by atoms with van der Waals surface area (Å²) >= 11 is 0. The third kappa shape index (κ3) is 14.4. The van der Waals surface area contributed by atoms with Crippen LogP contribution < -0.4 is 0 Å². The minimum Gasteiger partial charge on any atom is -0.343 e. The monoisotopic (exact) mass is 422 g/mol. The second kappa shape index (κ2) is 19.1. The van der Waals surface area contributed by atoms with E-state index in [0.29, 0.717) is 5.92 Å². The third-order valence-electron chi connectivity index (χ3n) is 6.97. The molecule has 0 saturated carbocycles. The Labute approximate surface area is 189 Å². The third-order valence-corrected chi connectivity index (χ3v) is 6.97.